The van der Waals surface area contributed by atoms with E-state index in [0.717, 1.165) is 5.39 Å². The summed E-state index contributed by atoms with van der Waals surface area (Å²) in [7, 11) is 0. The number of benzene rings is 2. The van der Waals surface area contributed by atoms with E-state index in [4.69, 9.17) is 14.5 Å². The highest BCUT2D eigenvalue weighted by atomic mass is 16.5. The van der Waals surface area contributed by atoms with Crippen LogP contribution in [0.2, 0.25) is 0 Å². The number of hydrogen-bond acceptors (Lipinski definition) is 6. The first-order valence-electron chi connectivity index (χ1n) is 13.3. The molecule has 3 heterocycles. The molecule has 9 heteroatoms. The van der Waals surface area contributed by atoms with Crippen molar-refractivity contribution in [2.75, 3.05) is 13.2 Å². The Morgan fingerprint density at radius 1 is 0.975 bits per heavy atom. The van der Waals surface area contributed by atoms with Crippen molar-refractivity contribution in [3.05, 3.63) is 93.8 Å². The molecule has 204 valence electrons. The lowest BCUT2D eigenvalue weighted by atomic mass is 10.0. The van der Waals surface area contributed by atoms with Crippen molar-refractivity contribution in [1.29, 1.82) is 0 Å². The minimum absolute atomic E-state index is 0.0105. The summed E-state index contributed by atoms with van der Waals surface area (Å²) < 4.78 is 14.3. The maximum atomic E-state index is 14.0. The molecule has 0 aliphatic carbocycles. The van der Waals surface area contributed by atoms with Crippen molar-refractivity contribution in [3.63, 3.8) is 0 Å². The number of fused-ring (bicyclic) bond motifs is 3. The van der Waals surface area contributed by atoms with Gasteiger partial charge in [0.1, 0.15) is 22.6 Å². The molecular weight excluding hydrogens is 508 g/mol. The van der Waals surface area contributed by atoms with Crippen LogP contribution in [0.5, 0.6) is 5.75 Å². The molecule has 2 aromatic carbocycles. The zero-order valence-electron chi connectivity index (χ0n) is 22.9. The number of pyridine rings is 2. The fourth-order valence-corrected chi connectivity index (χ4v) is 4.80. The second-order valence-corrected chi connectivity index (χ2v) is 9.70. The Labute approximate surface area is 230 Å². The smallest absolute Gasteiger partial charge is 0.341 e. The van der Waals surface area contributed by atoms with Crippen LogP contribution in [0.15, 0.2) is 76.6 Å². The number of aromatic nitrogens is 3. The fraction of sp³-hybridized carbons (Fsp3) is 0.258. The maximum Gasteiger partial charge on any atom is 0.341 e. The Kier molecular flexibility index (Phi) is 7.46. The van der Waals surface area contributed by atoms with E-state index in [1.165, 1.54) is 10.5 Å². The second kappa shape index (κ2) is 11.1. The summed E-state index contributed by atoms with van der Waals surface area (Å²) in [5, 5.41) is 1.75. The average Bonchev–Trinajstić information content (AvgIpc) is 2.94. The normalized spacial score (nSPS) is 12.0. The molecular formula is C31H30N4O5. The summed E-state index contributed by atoms with van der Waals surface area (Å²) in [6.45, 7) is 8.34. The second-order valence-electron chi connectivity index (χ2n) is 9.70. The number of amides is 1. The van der Waals surface area contributed by atoms with Gasteiger partial charge in [0, 0.05) is 12.7 Å². The molecule has 0 fully saturated rings. The van der Waals surface area contributed by atoms with Crippen LogP contribution in [-0.2, 0) is 11.3 Å². The van der Waals surface area contributed by atoms with Crippen LogP contribution in [0.3, 0.4) is 0 Å². The van der Waals surface area contributed by atoms with Crippen LogP contribution in [0.25, 0.3) is 27.5 Å². The number of rotatable bonds is 7. The van der Waals surface area contributed by atoms with E-state index < -0.39 is 11.9 Å². The number of nitrogens with zero attached hydrogens (tertiary/aromatic N) is 4. The Bertz CT molecular complexity index is 1900. The number of esters is 1. The minimum Gasteiger partial charge on any atom is -0.493 e. The largest absolute Gasteiger partial charge is 0.493 e. The standard InChI is InChI=1S/C31H30N4O5/c1-5-39-24-15-14-20-11-7-8-12-21(20)26(24)29(36)33-28-23(31(38)40-6-2)17-22-27(35(28)18-19(3)4)32-25-13-9-10-16-34(25)30(22)37/h7-17,19H,5-6,18H2,1-4H3. The van der Waals surface area contributed by atoms with Gasteiger partial charge in [-0.3, -0.25) is 14.0 Å². The van der Waals surface area contributed by atoms with E-state index in [1.54, 1.807) is 42.0 Å². The molecule has 5 aromatic rings. The molecule has 0 bridgehead atoms. The van der Waals surface area contributed by atoms with E-state index in [1.807, 2.05) is 51.1 Å². The predicted molar refractivity (Wildman–Crippen MR) is 153 cm³/mol. The summed E-state index contributed by atoms with van der Waals surface area (Å²) >= 11 is 0. The number of carbonyl (C=O) groups is 2. The van der Waals surface area contributed by atoms with Crippen molar-refractivity contribution in [2.24, 2.45) is 10.9 Å². The zero-order valence-corrected chi connectivity index (χ0v) is 22.9. The first kappa shape index (κ1) is 26.8. The fourth-order valence-electron chi connectivity index (χ4n) is 4.80. The van der Waals surface area contributed by atoms with Gasteiger partial charge in [0.2, 0.25) is 0 Å². The lowest BCUT2D eigenvalue weighted by molar-refractivity contribution is 0.0523. The van der Waals surface area contributed by atoms with E-state index in [2.05, 4.69) is 4.99 Å². The number of carbonyl (C=O) groups excluding carboxylic acids is 2. The van der Waals surface area contributed by atoms with Crippen molar-refractivity contribution in [1.82, 2.24) is 14.0 Å². The van der Waals surface area contributed by atoms with Crippen LogP contribution < -0.4 is 15.8 Å². The summed E-state index contributed by atoms with van der Waals surface area (Å²) in [5.74, 6) is -0.803. The molecule has 40 heavy (non-hydrogen) atoms. The molecule has 0 N–H and O–H groups in total. The molecule has 1 amide bonds. The topological polar surface area (TPSA) is 104 Å². The molecule has 0 radical (unpaired) electrons. The van der Waals surface area contributed by atoms with Gasteiger partial charge in [-0.15, -0.1) is 0 Å². The molecule has 9 nitrogen and oxygen atoms in total. The first-order valence-corrected chi connectivity index (χ1v) is 13.3. The molecule has 5 rings (SSSR count). The zero-order chi connectivity index (χ0) is 28.4. The minimum atomic E-state index is -0.686. The molecule has 0 unspecified atom stereocenters. The Hall–Kier alpha value is -4.79. The van der Waals surface area contributed by atoms with Gasteiger partial charge >= 0.3 is 5.97 Å². The maximum absolute atomic E-state index is 14.0. The third-order valence-electron chi connectivity index (χ3n) is 6.44. The van der Waals surface area contributed by atoms with E-state index in [0.29, 0.717) is 35.6 Å². The molecule has 0 spiro atoms. The van der Waals surface area contributed by atoms with Gasteiger partial charge in [-0.25, -0.2) is 9.78 Å². The van der Waals surface area contributed by atoms with Crippen LogP contribution >= 0.6 is 0 Å². The SMILES string of the molecule is CCOC(=O)c1cc2c(=O)n3ccccc3nc2n(CC(C)C)c1=NC(=O)c1c(OCC)ccc2ccccc12. The molecule has 0 aliphatic heterocycles. The molecule has 0 saturated carbocycles. The quantitative estimate of drug-likeness (QED) is 0.218. The summed E-state index contributed by atoms with van der Waals surface area (Å²) in [6.07, 6.45) is 1.62. The molecule has 3 aromatic heterocycles. The van der Waals surface area contributed by atoms with Gasteiger partial charge in [0.05, 0.1) is 24.2 Å². The average molecular weight is 539 g/mol. The number of hydrogen-bond donors (Lipinski definition) is 0. The van der Waals surface area contributed by atoms with Gasteiger partial charge in [0.15, 0.2) is 5.49 Å². The molecule has 0 saturated heterocycles. The highest BCUT2D eigenvalue weighted by Gasteiger charge is 2.22. The predicted octanol–water partition coefficient (Wildman–Crippen LogP) is 4.77. The van der Waals surface area contributed by atoms with Crippen LogP contribution in [0.1, 0.15) is 48.4 Å². The summed E-state index contributed by atoms with van der Waals surface area (Å²) in [6, 6.07) is 17.8. The van der Waals surface area contributed by atoms with Crippen molar-refractivity contribution in [3.8, 4) is 5.75 Å². The third kappa shape index (κ3) is 4.86. The summed E-state index contributed by atoms with van der Waals surface area (Å²) in [5.41, 5.74) is 0.800. The van der Waals surface area contributed by atoms with Gasteiger partial charge in [-0.1, -0.05) is 50.2 Å². The monoisotopic (exact) mass is 538 g/mol. The molecule has 0 atom stereocenters. The summed E-state index contributed by atoms with van der Waals surface area (Å²) in [4.78, 5) is 50.1. The van der Waals surface area contributed by atoms with E-state index >= 15 is 0 Å². The van der Waals surface area contributed by atoms with Gasteiger partial charge in [-0.2, -0.15) is 4.99 Å². The van der Waals surface area contributed by atoms with Crippen LogP contribution in [-0.4, -0.2) is 39.0 Å². The lowest BCUT2D eigenvalue weighted by Crippen LogP contribution is -2.33. The van der Waals surface area contributed by atoms with Gasteiger partial charge < -0.3 is 14.0 Å². The number of ether oxygens (including phenoxy) is 2. The van der Waals surface area contributed by atoms with Crippen LogP contribution in [0.4, 0.5) is 0 Å². The highest BCUT2D eigenvalue weighted by molar-refractivity contribution is 6.10. The van der Waals surface area contributed by atoms with Crippen molar-refractivity contribution < 1.29 is 19.1 Å². The highest BCUT2D eigenvalue weighted by Crippen LogP contribution is 2.29. The lowest BCUT2D eigenvalue weighted by Gasteiger charge is -2.17. The Morgan fingerprint density at radius 3 is 2.50 bits per heavy atom. The van der Waals surface area contributed by atoms with Gasteiger partial charge in [0.25, 0.3) is 11.5 Å². The van der Waals surface area contributed by atoms with E-state index in [-0.39, 0.29) is 40.1 Å². The molecule has 0 aliphatic rings. The van der Waals surface area contributed by atoms with Gasteiger partial charge in [-0.05, 0) is 54.8 Å². The van der Waals surface area contributed by atoms with E-state index in [9.17, 15) is 14.4 Å². The Balaban J connectivity index is 1.90. The van der Waals surface area contributed by atoms with Crippen molar-refractivity contribution in [2.45, 2.75) is 34.2 Å². The first-order chi connectivity index (χ1) is 19.3. The van der Waals surface area contributed by atoms with Crippen LogP contribution in [0, 0.1) is 5.92 Å². The third-order valence-corrected chi connectivity index (χ3v) is 6.44. The Morgan fingerprint density at radius 2 is 1.75 bits per heavy atom. The van der Waals surface area contributed by atoms with Crippen molar-refractivity contribution >= 4 is 39.3 Å².